The van der Waals surface area contributed by atoms with Crippen LogP contribution in [0, 0.1) is 24.6 Å². The van der Waals surface area contributed by atoms with Crippen LogP contribution < -0.4 is 4.57 Å². The van der Waals surface area contributed by atoms with Gasteiger partial charge in [-0.15, -0.1) is 0 Å². The maximum Gasteiger partial charge on any atom is 0.216 e. The van der Waals surface area contributed by atoms with Crippen molar-refractivity contribution in [2.45, 2.75) is 70.6 Å². The highest BCUT2D eigenvalue weighted by molar-refractivity contribution is 6.13. The van der Waals surface area contributed by atoms with Gasteiger partial charge in [-0.2, -0.15) is 0 Å². The fourth-order valence-corrected chi connectivity index (χ4v) is 7.58. The Morgan fingerprint density at radius 1 is 0.750 bits per heavy atom. The standard InChI is InChI=1S/C37H39FNO/c1-24-11-20-30-31-21-22-32(38)35(37(31)40-36(30)34(24)33-10-6-7-23-39(33)2)29-18-16-28(17-19-29)27-14-12-26(13-15-27)25-8-4-3-5-9-25/h6-7,10-11,16-23,25-27H,3-5,8-9,12-15H2,1-2H3/q+1/i27D. The molecule has 204 valence electrons. The number of aryl methyl sites for hydroxylation is 2. The molecule has 3 heteroatoms. The summed E-state index contributed by atoms with van der Waals surface area (Å²) >= 11 is 0. The fourth-order valence-electron chi connectivity index (χ4n) is 7.58. The number of fused-ring (bicyclic) bond motifs is 3. The third-order valence-corrected chi connectivity index (χ3v) is 9.81. The molecule has 2 saturated carbocycles. The van der Waals surface area contributed by atoms with Crippen molar-refractivity contribution >= 4 is 21.9 Å². The average Bonchev–Trinajstić information content (AvgIpc) is 3.37. The molecule has 2 aliphatic rings. The van der Waals surface area contributed by atoms with E-state index >= 15 is 4.39 Å². The van der Waals surface area contributed by atoms with Crippen molar-refractivity contribution in [3.8, 4) is 22.4 Å². The van der Waals surface area contributed by atoms with Gasteiger partial charge in [0.05, 0.1) is 11.1 Å². The van der Waals surface area contributed by atoms with E-state index in [2.05, 4.69) is 41.8 Å². The van der Waals surface area contributed by atoms with E-state index in [1.54, 1.807) is 6.07 Å². The Kier molecular flexibility index (Phi) is 6.39. The van der Waals surface area contributed by atoms with Crippen molar-refractivity contribution in [3.05, 3.63) is 89.9 Å². The summed E-state index contributed by atoms with van der Waals surface area (Å²) < 4.78 is 33.6. The number of pyridine rings is 1. The number of hydrogen-bond acceptors (Lipinski definition) is 1. The molecule has 2 nitrogen and oxygen atoms in total. The second kappa shape index (κ2) is 10.5. The first kappa shape index (κ1) is 24.3. The maximum atomic E-state index is 15.5. The van der Waals surface area contributed by atoms with Crippen LogP contribution in [0.4, 0.5) is 4.39 Å². The zero-order valence-corrected chi connectivity index (χ0v) is 23.7. The highest BCUT2D eigenvalue weighted by Crippen LogP contribution is 2.44. The highest BCUT2D eigenvalue weighted by atomic mass is 19.1. The topological polar surface area (TPSA) is 17.0 Å². The van der Waals surface area contributed by atoms with E-state index in [0.29, 0.717) is 11.1 Å². The Bertz CT molecular complexity index is 1720. The van der Waals surface area contributed by atoms with Crippen molar-refractivity contribution < 1.29 is 14.7 Å². The van der Waals surface area contributed by atoms with Crippen molar-refractivity contribution in [3.63, 3.8) is 0 Å². The zero-order valence-electron chi connectivity index (χ0n) is 24.7. The minimum absolute atomic E-state index is 0.290. The van der Waals surface area contributed by atoms with Crippen LogP contribution in [-0.2, 0) is 7.05 Å². The molecule has 0 unspecified atom stereocenters. The summed E-state index contributed by atoms with van der Waals surface area (Å²) in [6, 6.07) is 21.8. The monoisotopic (exact) mass is 533 g/mol. The molecule has 7 rings (SSSR count). The van der Waals surface area contributed by atoms with Crippen LogP contribution in [0.3, 0.4) is 0 Å². The lowest BCUT2D eigenvalue weighted by Gasteiger charge is -2.36. The van der Waals surface area contributed by atoms with Gasteiger partial charge in [-0.05, 0) is 85.2 Å². The van der Waals surface area contributed by atoms with Gasteiger partial charge in [0.15, 0.2) is 6.20 Å². The largest absolute Gasteiger partial charge is 0.454 e. The number of aromatic nitrogens is 1. The molecule has 2 fully saturated rings. The summed E-state index contributed by atoms with van der Waals surface area (Å²) in [6.45, 7) is 2.09. The molecule has 0 atom stereocenters. The number of hydrogen-bond donors (Lipinski definition) is 0. The second-order valence-electron chi connectivity index (χ2n) is 12.1. The van der Waals surface area contributed by atoms with E-state index in [1.807, 2.05) is 43.6 Å². The zero-order chi connectivity index (χ0) is 28.1. The molecule has 0 amide bonds. The molecule has 0 saturated heterocycles. The fraction of sp³-hybridized carbons (Fsp3) is 0.378. The summed E-state index contributed by atoms with van der Waals surface area (Å²) in [5.41, 5.74) is 6.89. The summed E-state index contributed by atoms with van der Waals surface area (Å²) in [4.78, 5) is 0. The SMILES string of the molecule is [2H]C1(c2ccc(-c3c(F)ccc4c3oc3c(-c5cccc[n+]5C)c(C)ccc34)cc2)CCC(C2CCCCC2)CC1. The Morgan fingerprint density at radius 2 is 1.43 bits per heavy atom. The van der Waals surface area contributed by atoms with Crippen LogP contribution in [-0.4, -0.2) is 0 Å². The van der Waals surface area contributed by atoms with Crippen LogP contribution in [0.2, 0.25) is 0 Å². The van der Waals surface area contributed by atoms with Gasteiger partial charge < -0.3 is 4.42 Å². The summed E-state index contributed by atoms with van der Waals surface area (Å²) in [5, 5.41) is 1.90. The predicted molar refractivity (Wildman–Crippen MR) is 162 cm³/mol. The Hall–Kier alpha value is -3.46. The van der Waals surface area contributed by atoms with Gasteiger partial charge in [-0.3, -0.25) is 0 Å². The quantitative estimate of drug-likeness (QED) is 0.210. The minimum atomic E-state index is -0.550. The number of furan rings is 1. The summed E-state index contributed by atoms with van der Waals surface area (Å²) in [7, 11) is 2.03. The molecule has 0 spiro atoms. The Balaban J connectivity index is 1.24. The maximum absolute atomic E-state index is 15.5. The van der Waals surface area contributed by atoms with Gasteiger partial charge in [0.1, 0.15) is 24.0 Å². The third-order valence-electron chi connectivity index (χ3n) is 9.81. The molecule has 2 aliphatic carbocycles. The number of nitrogens with zero attached hydrogens (tertiary/aromatic N) is 1. The average molecular weight is 534 g/mol. The number of rotatable bonds is 4. The predicted octanol–water partition coefficient (Wildman–Crippen LogP) is 10.0. The van der Waals surface area contributed by atoms with Crippen molar-refractivity contribution in [1.82, 2.24) is 0 Å². The summed E-state index contributed by atoms with van der Waals surface area (Å²) in [6.07, 6.45) is 13.1. The van der Waals surface area contributed by atoms with Crippen molar-refractivity contribution in [2.24, 2.45) is 18.9 Å². The smallest absolute Gasteiger partial charge is 0.216 e. The van der Waals surface area contributed by atoms with Gasteiger partial charge in [0, 0.05) is 24.3 Å². The van der Waals surface area contributed by atoms with Crippen molar-refractivity contribution in [2.75, 3.05) is 0 Å². The molecular weight excluding hydrogens is 493 g/mol. The molecule has 40 heavy (non-hydrogen) atoms. The lowest BCUT2D eigenvalue weighted by Crippen LogP contribution is -2.30. The molecular formula is C37H39FNO+. The molecule has 0 aliphatic heterocycles. The molecule has 0 bridgehead atoms. The molecule has 0 radical (unpaired) electrons. The van der Waals surface area contributed by atoms with Crippen LogP contribution in [0.25, 0.3) is 44.3 Å². The number of halogens is 1. The lowest BCUT2D eigenvalue weighted by atomic mass is 9.70. The van der Waals surface area contributed by atoms with Crippen LogP contribution >= 0.6 is 0 Å². The summed E-state index contributed by atoms with van der Waals surface area (Å²) in [5.74, 6) is 0.822. The molecule has 2 heterocycles. The number of benzene rings is 3. The first-order valence-electron chi connectivity index (χ1n) is 15.6. The molecule has 3 aromatic carbocycles. The second-order valence-corrected chi connectivity index (χ2v) is 12.1. The van der Waals surface area contributed by atoms with Gasteiger partial charge in [0.25, 0.3) is 0 Å². The van der Waals surface area contributed by atoms with E-state index < -0.39 is 5.89 Å². The van der Waals surface area contributed by atoms with Crippen molar-refractivity contribution in [1.29, 1.82) is 0 Å². The lowest BCUT2D eigenvalue weighted by molar-refractivity contribution is -0.660. The normalized spacial score (nSPS) is 22.6. The Morgan fingerprint density at radius 3 is 2.15 bits per heavy atom. The molecule has 5 aromatic rings. The minimum Gasteiger partial charge on any atom is -0.454 e. The molecule has 0 N–H and O–H groups in total. The van der Waals surface area contributed by atoms with E-state index in [4.69, 9.17) is 4.42 Å². The van der Waals surface area contributed by atoms with Gasteiger partial charge in [0.2, 0.25) is 5.69 Å². The van der Waals surface area contributed by atoms with E-state index in [1.165, 1.54) is 32.1 Å². The van der Waals surface area contributed by atoms with Crippen LogP contribution in [0.1, 0.15) is 76.2 Å². The highest BCUT2D eigenvalue weighted by Gasteiger charge is 2.29. The van der Waals surface area contributed by atoms with Gasteiger partial charge in [-0.25, -0.2) is 8.96 Å². The first-order valence-corrected chi connectivity index (χ1v) is 15.1. The first-order chi connectivity index (χ1) is 19.9. The third kappa shape index (κ3) is 4.44. The van der Waals surface area contributed by atoms with Gasteiger partial charge >= 0.3 is 0 Å². The van der Waals surface area contributed by atoms with E-state index in [9.17, 15) is 1.37 Å². The van der Waals surface area contributed by atoms with Crippen LogP contribution in [0.15, 0.2) is 77.3 Å². The van der Waals surface area contributed by atoms with Gasteiger partial charge in [-0.1, -0.05) is 68.5 Å². The van der Waals surface area contributed by atoms with Crippen LogP contribution in [0.5, 0.6) is 0 Å². The van der Waals surface area contributed by atoms with E-state index in [0.717, 1.165) is 81.8 Å². The Labute approximate surface area is 238 Å². The molecule has 2 aromatic heterocycles. The van der Waals surface area contributed by atoms with E-state index in [-0.39, 0.29) is 5.82 Å².